The molecule has 202 valence electrons. The molecule has 1 aromatic heterocycles. The highest BCUT2D eigenvalue weighted by Crippen LogP contribution is 2.42. The van der Waals surface area contributed by atoms with Crippen LogP contribution in [-0.2, 0) is 14.3 Å². The maximum atomic E-state index is 13.5. The Morgan fingerprint density at radius 2 is 1.87 bits per heavy atom. The molecule has 3 aromatic rings. The van der Waals surface area contributed by atoms with Crippen molar-refractivity contribution in [3.8, 4) is 5.75 Å². The SMILES string of the molecule is C=CCOC(=O)c1sc(N2C(=O)C(=O)/C(=C(/O)c3ccc(OCCC)cc3)C2C(C)c2ccccc2)nc1C. The minimum atomic E-state index is -0.869. The second-order valence-electron chi connectivity index (χ2n) is 9.08. The molecular weight excluding hydrogens is 516 g/mol. The third-order valence-corrected chi connectivity index (χ3v) is 7.53. The van der Waals surface area contributed by atoms with E-state index in [9.17, 15) is 19.5 Å². The molecule has 8 nitrogen and oxygen atoms in total. The molecule has 1 aliphatic rings. The lowest BCUT2D eigenvalue weighted by atomic mass is 9.87. The van der Waals surface area contributed by atoms with Crippen molar-refractivity contribution in [3.05, 3.63) is 94.5 Å². The van der Waals surface area contributed by atoms with Crippen LogP contribution in [0.15, 0.2) is 72.8 Å². The highest BCUT2D eigenvalue weighted by atomic mass is 32.1. The summed E-state index contributed by atoms with van der Waals surface area (Å²) in [7, 11) is 0. The van der Waals surface area contributed by atoms with Gasteiger partial charge in [0.05, 0.1) is 23.9 Å². The van der Waals surface area contributed by atoms with Gasteiger partial charge in [0.25, 0.3) is 5.78 Å². The maximum absolute atomic E-state index is 13.5. The first-order valence-corrected chi connectivity index (χ1v) is 13.4. The summed E-state index contributed by atoms with van der Waals surface area (Å²) >= 11 is 0.969. The quantitative estimate of drug-likeness (QED) is 0.115. The topological polar surface area (TPSA) is 106 Å². The number of carbonyl (C=O) groups is 3. The van der Waals surface area contributed by atoms with E-state index in [1.165, 1.54) is 11.0 Å². The number of aromatic nitrogens is 1. The zero-order valence-corrected chi connectivity index (χ0v) is 22.9. The molecule has 0 aliphatic carbocycles. The first kappa shape index (κ1) is 27.8. The fourth-order valence-corrected chi connectivity index (χ4v) is 5.44. The Kier molecular flexibility index (Phi) is 8.61. The monoisotopic (exact) mass is 546 g/mol. The van der Waals surface area contributed by atoms with Crippen molar-refractivity contribution < 1.29 is 29.0 Å². The number of ether oxygens (including phenoxy) is 2. The van der Waals surface area contributed by atoms with Crippen LogP contribution in [0.2, 0.25) is 0 Å². The van der Waals surface area contributed by atoms with Crippen LogP contribution >= 0.6 is 11.3 Å². The van der Waals surface area contributed by atoms with Gasteiger partial charge in [0.2, 0.25) is 0 Å². The fourth-order valence-electron chi connectivity index (χ4n) is 4.44. The first-order chi connectivity index (χ1) is 18.8. The van der Waals surface area contributed by atoms with Crippen molar-refractivity contribution >= 4 is 39.9 Å². The minimum Gasteiger partial charge on any atom is -0.507 e. The highest BCUT2D eigenvalue weighted by molar-refractivity contribution is 7.17. The Labute approximate surface area is 231 Å². The summed E-state index contributed by atoms with van der Waals surface area (Å²) in [6, 6.07) is 15.3. The third kappa shape index (κ3) is 5.63. The molecule has 2 heterocycles. The molecule has 0 bridgehead atoms. The number of rotatable bonds is 10. The molecule has 2 atom stereocenters. The van der Waals surface area contributed by atoms with Gasteiger partial charge in [-0.05, 0) is 43.2 Å². The van der Waals surface area contributed by atoms with E-state index in [0.29, 0.717) is 23.6 Å². The maximum Gasteiger partial charge on any atom is 0.350 e. The number of aliphatic hydroxyl groups is 1. The zero-order chi connectivity index (χ0) is 28.1. The first-order valence-electron chi connectivity index (χ1n) is 12.6. The number of carbonyl (C=O) groups excluding carboxylic acids is 3. The van der Waals surface area contributed by atoms with Gasteiger partial charge in [-0.25, -0.2) is 9.78 Å². The second-order valence-corrected chi connectivity index (χ2v) is 10.1. The molecule has 2 aromatic carbocycles. The van der Waals surface area contributed by atoms with E-state index >= 15 is 0 Å². The van der Waals surface area contributed by atoms with Crippen LogP contribution in [0.1, 0.15) is 52.7 Å². The van der Waals surface area contributed by atoms with E-state index in [-0.39, 0.29) is 27.9 Å². The van der Waals surface area contributed by atoms with E-state index in [0.717, 1.165) is 23.3 Å². The summed E-state index contributed by atoms with van der Waals surface area (Å²) in [5.41, 5.74) is 1.59. The van der Waals surface area contributed by atoms with Crippen molar-refractivity contribution in [1.29, 1.82) is 0 Å². The van der Waals surface area contributed by atoms with E-state index in [1.807, 2.05) is 44.2 Å². The Hall–Kier alpha value is -4.24. The Bertz CT molecular complexity index is 1410. The normalized spacial score (nSPS) is 17.2. The average molecular weight is 547 g/mol. The second kappa shape index (κ2) is 12.1. The smallest absolute Gasteiger partial charge is 0.350 e. The molecule has 0 spiro atoms. The third-order valence-electron chi connectivity index (χ3n) is 6.40. The Morgan fingerprint density at radius 1 is 1.18 bits per heavy atom. The largest absolute Gasteiger partial charge is 0.507 e. The number of hydrogen-bond acceptors (Lipinski definition) is 8. The average Bonchev–Trinajstić information content (AvgIpc) is 3.46. The molecule has 1 saturated heterocycles. The fraction of sp³-hybridized carbons (Fsp3) is 0.267. The summed E-state index contributed by atoms with van der Waals surface area (Å²) in [6.07, 6.45) is 2.31. The van der Waals surface area contributed by atoms with Crippen LogP contribution in [0, 0.1) is 6.92 Å². The number of benzene rings is 2. The lowest BCUT2D eigenvalue weighted by Gasteiger charge is -2.28. The van der Waals surface area contributed by atoms with E-state index in [2.05, 4.69) is 11.6 Å². The van der Waals surface area contributed by atoms with Gasteiger partial charge < -0.3 is 14.6 Å². The molecule has 39 heavy (non-hydrogen) atoms. The van der Waals surface area contributed by atoms with Gasteiger partial charge in [0, 0.05) is 11.5 Å². The summed E-state index contributed by atoms with van der Waals surface area (Å²) in [5.74, 6) is -2.29. The predicted octanol–water partition coefficient (Wildman–Crippen LogP) is 5.64. The lowest BCUT2D eigenvalue weighted by Crippen LogP contribution is -2.37. The predicted molar refractivity (Wildman–Crippen MR) is 150 cm³/mol. The molecule has 9 heteroatoms. The van der Waals surface area contributed by atoms with Gasteiger partial charge in [-0.2, -0.15) is 0 Å². The van der Waals surface area contributed by atoms with Crippen molar-refractivity contribution in [1.82, 2.24) is 4.98 Å². The summed E-state index contributed by atoms with van der Waals surface area (Å²) in [5, 5.41) is 11.6. The van der Waals surface area contributed by atoms with Crippen LogP contribution in [0.4, 0.5) is 5.13 Å². The number of aliphatic hydroxyl groups excluding tert-OH is 1. The molecule has 1 amide bonds. The molecule has 2 unspecified atom stereocenters. The summed E-state index contributed by atoms with van der Waals surface area (Å²) < 4.78 is 10.8. The van der Waals surface area contributed by atoms with Crippen LogP contribution in [0.5, 0.6) is 5.75 Å². The van der Waals surface area contributed by atoms with Gasteiger partial charge in [-0.3, -0.25) is 14.5 Å². The summed E-state index contributed by atoms with van der Waals surface area (Å²) in [4.78, 5) is 45.5. The van der Waals surface area contributed by atoms with Gasteiger partial charge in [-0.1, -0.05) is 68.2 Å². The van der Waals surface area contributed by atoms with E-state index in [4.69, 9.17) is 9.47 Å². The van der Waals surface area contributed by atoms with E-state index in [1.54, 1.807) is 31.2 Å². The Balaban J connectivity index is 1.82. The van der Waals surface area contributed by atoms with Crippen molar-refractivity contribution in [2.45, 2.75) is 39.2 Å². The number of nitrogens with zero attached hydrogens (tertiary/aromatic N) is 2. The lowest BCUT2D eigenvalue weighted by molar-refractivity contribution is -0.132. The number of esters is 1. The number of anilines is 1. The van der Waals surface area contributed by atoms with Crippen LogP contribution in [0.3, 0.4) is 0 Å². The number of amides is 1. The number of ketones is 1. The number of thiazole rings is 1. The van der Waals surface area contributed by atoms with Crippen LogP contribution in [-0.4, -0.2) is 47.0 Å². The van der Waals surface area contributed by atoms with Gasteiger partial charge in [0.1, 0.15) is 23.0 Å². The van der Waals surface area contributed by atoms with Crippen molar-refractivity contribution in [2.75, 3.05) is 18.1 Å². The molecular formula is C30H30N2O6S. The molecule has 0 saturated carbocycles. The zero-order valence-electron chi connectivity index (χ0n) is 22.0. The van der Waals surface area contributed by atoms with Crippen molar-refractivity contribution in [3.63, 3.8) is 0 Å². The highest BCUT2D eigenvalue weighted by Gasteiger charge is 2.50. The number of aryl methyl sites for hydroxylation is 1. The van der Waals surface area contributed by atoms with Crippen LogP contribution < -0.4 is 9.64 Å². The molecule has 1 aliphatic heterocycles. The summed E-state index contributed by atoms with van der Waals surface area (Å²) in [6.45, 7) is 9.66. The minimum absolute atomic E-state index is 0.0257. The Morgan fingerprint density at radius 3 is 2.51 bits per heavy atom. The van der Waals surface area contributed by atoms with Crippen molar-refractivity contribution in [2.24, 2.45) is 0 Å². The van der Waals surface area contributed by atoms with Gasteiger partial charge in [-0.15, -0.1) is 0 Å². The van der Waals surface area contributed by atoms with E-state index < -0.39 is 29.6 Å². The molecule has 4 rings (SSSR count). The van der Waals surface area contributed by atoms with Gasteiger partial charge in [0.15, 0.2) is 5.13 Å². The van der Waals surface area contributed by atoms with Crippen LogP contribution in [0.25, 0.3) is 5.76 Å². The molecule has 0 radical (unpaired) electrons. The molecule has 1 N–H and O–H groups in total. The van der Waals surface area contributed by atoms with Gasteiger partial charge >= 0.3 is 11.9 Å². The number of Topliss-reactive ketones (excluding diaryl/α,β-unsaturated/α-hetero) is 1. The standard InChI is InChI=1S/C30H30N2O6S/c1-5-16-37-22-14-12-21(13-15-22)25(33)23-24(18(3)20-10-8-7-9-11-20)32(28(35)26(23)34)30-31-19(4)27(39-30)29(36)38-17-6-2/h6-15,18,24,33H,2,5,16-17H2,1,3-4H3/b25-23+. The number of hydrogen-bond donors (Lipinski definition) is 1. The molecule has 1 fully saturated rings.